The van der Waals surface area contributed by atoms with Crippen molar-refractivity contribution in [3.05, 3.63) is 36.0 Å². The zero-order valence-corrected chi connectivity index (χ0v) is 10.7. The van der Waals surface area contributed by atoms with Crippen LogP contribution in [0.2, 0.25) is 0 Å². The summed E-state index contributed by atoms with van der Waals surface area (Å²) in [7, 11) is 0. The summed E-state index contributed by atoms with van der Waals surface area (Å²) in [6.45, 7) is 4.12. The van der Waals surface area contributed by atoms with Gasteiger partial charge in [0.2, 0.25) is 0 Å². The SMILES string of the molecule is CCCc1c(N)ncnc1NC(C)c1ccco1. The van der Waals surface area contributed by atoms with Gasteiger partial charge in [0.1, 0.15) is 23.7 Å². The first-order chi connectivity index (χ1) is 8.72. The lowest BCUT2D eigenvalue weighted by molar-refractivity contribution is 0.490. The van der Waals surface area contributed by atoms with Crippen LogP contribution in [0.4, 0.5) is 11.6 Å². The summed E-state index contributed by atoms with van der Waals surface area (Å²) in [5.74, 6) is 2.20. The van der Waals surface area contributed by atoms with E-state index in [9.17, 15) is 0 Å². The zero-order valence-electron chi connectivity index (χ0n) is 10.7. The molecule has 0 spiro atoms. The topological polar surface area (TPSA) is 77.0 Å². The Balaban J connectivity index is 2.20. The molecule has 0 aliphatic rings. The number of hydrogen-bond acceptors (Lipinski definition) is 5. The fraction of sp³-hybridized carbons (Fsp3) is 0.385. The van der Waals surface area contributed by atoms with Crippen LogP contribution in [-0.4, -0.2) is 9.97 Å². The fourth-order valence-corrected chi connectivity index (χ4v) is 1.86. The van der Waals surface area contributed by atoms with Crippen LogP contribution in [0.1, 0.15) is 37.6 Å². The molecule has 0 amide bonds. The summed E-state index contributed by atoms with van der Waals surface area (Å²) in [4.78, 5) is 8.30. The van der Waals surface area contributed by atoms with Crippen molar-refractivity contribution in [3.63, 3.8) is 0 Å². The Bertz CT molecular complexity index is 496. The fourth-order valence-electron chi connectivity index (χ4n) is 1.86. The maximum atomic E-state index is 5.89. The lowest BCUT2D eigenvalue weighted by Crippen LogP contribution is -2.11. The first-order valence-electron chi connectivity index (χ1n) is 6.11. The summed E-state index contributed by atoms with van der Waals surface area (Å²) in [5, 5.41) is 3.31. The van der Waals surface area contributed by atoms with E-state index in [1.807, 2.05) is 19.1 Å². The van der Waals surface area contributed by atoms with E-state index in [-0.39, 0.29) is 6.04 Å². The minimum atomic E-state index is 0.0462. The van der Waals surface area contributed by atoms with Crippen LogP contribution in [0.15, 0.2) is 29.1 Å². The summed E-state index contributed by atoms with van der Waals surface area (Å²) in [5.41, 5.74) is 6.86. The van der Waals surface area contributed by atoms with Gasteiger partial charge in [-0.05, 0) is 25.5 Å². The van der Waals surface area contributed by atoms with Gasteiger partial charge < -0.3 is 15.5 Å². The van der Waals surface area contributed by atoms with Gasteiger partial charge in [-0.3, -0.25) is 0 Å². The van der Waals surface area contributed by atoms with Crippen molar-refractivity contribution in [1.29, 1.82) is 0 Å². The maximum absolute atomic E-state index is 5.89. The molecule has 0 aromatic carbocycles. The molecule has 2 rings (SSSR count). The van der Waals surface area contributed by atoms with Gasteiger partial charge in [0, 0.05) is 5.56 Å². The smallest absolute Gasteiger partial charge is 0.135 e. The van der Waals surface area contributed by atoms with Gasteiger partial charge in [-0.25, -0.2) is 9.97 Å². The monoisotopic (exact) mass is 246 g/mol. The van der Waals surface area contributed by atoms with Gasteiger partial charge in [0.25, 0.3) is 0 Å². The number of nitrogens with zero attached hydrogens (tertiary/aromatic N) is 2. The first-order valence-corrected chi connectivity index (χ1v) is 6.11. The molecule has 5 heteroatoms. The molecule has 2 heterocycles. The molecule has 96 valence electrons. The molecule has 2 aromatic rings. The van der Waals surface area contributed by atoms with Gasteiger partial charge in [0.15, 0.2) is 0 Å². The average molecular weight is 246 g/mol. The highest BCUT2D eigenvalue weighted by Crippen LogP contribution is 2.24. The van der Waals surface area contributed by atoms with Crippen LogP contribution in [-0.2, 0) is 6.42 Å². The summed E-state index contributed by atoms with van der Waals surface area (Å²) in [6, 6.07) is 3.85. The second-order valence-corrected chi connectivity index (χ2v) is 4.22. The van der Waals surface area contributed by atoms with Crippen LogP contribution >= 0.6 is 0 Å². The summed E-state index contributed by atoms with van der Waals surface area (Å²) < 4.78 is 5.36. The molecule has 0 aliphatic carbocycles. The number of rotatable bonds is 5. The lowest BCUT2D eigenvalue weighted by atomic mass is 10.1. The molecule has 0 bridgehead atoms. The average Bonchev–Trinajstić information content (AvgIpc) is 2.87. The Morgan fingerprint density at radius 3 is 2.94 bits per heavy atom. The largest absolute Gasteiger partial charge is 0.467 e. The molecule has 18 heavy (non-hydrogen) atoms. The minimum Gasteiger partial charge on any atom is -0.467 e. The Morgan fingerprint density at radius 1 is 1.44 bits per heavy atom. The number of anilines is 2. The van der Waals surface area contributed by atoms with Crippen LogP contribution < -0.4 is 11.1 Å². The van der Waals surface area contributed by atoms with E-state index in [0.29, 0.717) is 5.82 Å². The van der Waals surface area contributed by atoms with E-state index in [1.54, 1.807) is 6.26 Å². The Kier molecular flexibility index (Phi) is 3.82. The Morgan fingerprint density at radius 2 is 2.28 bits per heavy atom. The molecule has 5 nitrogen and oxygen atoms in total. The quantitative estimate of drug-likeness (QED) is 0.848. The second kappa shape index (κ2) is 5.53. The minimum absolute atomic E-state index is 0.0462. The second-order valence-electron chi connectivity index (χ2n) is 4.22. The molecule has 1 unspecified atom stereocenters. The molecule has 3 N–H and O–H groups in total. The number of hydrogen-bond donors (Lipinski definition) is 2. The third kappa shape index (κ3) is 2.61. The van der Waals surface area contributed by atoms with Crippen molar-refractivity contribution in [3.8, 4) is 0 Å². The molecule has 0 saturated carbocycles. The third-order valence-electron chi connectivity index (χ3n) is 2.80. The molecule has 0 radical (unpaired) electrons. The molecular weight excluding hydrogens is 228 g/mol. The first kappa shape index (κ1) is 12.4. The number of nitrogens with one attached hydrogen (secondary N) is 1. The van der Waals surface area contributed by atoms with Crippen molar-refractivity contribution in [1.82, 2.24) is 9.97 Å². The highest BCUT2D eigenvalue weighted by atomic mass is 16.3. The van der Waals surface area contributed by atoms with Crippen molar-refractivity contribution >= 4 is 11.6 Å². The lowest BCUT2D eigenvalue weighted by Gasteiger charge is -2.15. The van der Waals surface area contributed by atoms with Gasteiger partial charge in [-0.2, -0.15) is 0 Å². The number of aromatic nitrogens is 2. The van der Waals surface area contributed by atoms with E-state index in [2.05, 4.69) is 22.2 Å². The van der Waals surface area contributed by atoms with Crippen molar-refractivity contribution in [2.75, 3.05) is 11.1 Å². The molecule has 1 atom stereocenters. The van der Waals surface area contributed by atoms with Crippen LogP contribution in [0.3, 0.4) is 0 Å². The van der Waals surface area contributed by atoms with Gasteiger partial charge >= 0.3 is 0 Å². The Hall–Kier alpha value is -2.04. The highest BCUT2D eigenvalue weighted by Gasteiger charge is 2.13. The standard InChI is InChI=1S/C13H18N4O/c1-3-5-10-12(14)15-8-16-13(10)17-9(2)11-6-4-7-18-11/h4,6-9H,3,5H2,1-2H3,(H3,14,15,16,17). The highest BCUT2D eigenvalue weighted by molar-refractivity contribution is 5.55. The van der Waals surface area contributed by atoms with Gasteiger partial charge in [0.05, 0.1) is 12.3 Å². The van der Waals surface area contributed by atoms with E-state index in [0.717, 1.165) is 30.0 Å². The summed E-state index contributed by atoms with van der Waals surface area (Å²) >= 11 is 0. The predicted molar refractivity (Wildman–Crippen MR) is 71.2 cm³/mol. The van der Waals surface area contributed by atoms with Crippen LogP contribution in [0, 0.1) is 0 Å². The predicted octanol–water partition coefficient (Wildman–Crippen LogP) is 2.78. The van der Waals surface area contributed by atoms with Crippen LogP contribution in [0.5, 0.6) is 0 Å². The normalized spacial score (nSPS) is 12.3. The van der Waals surface area contributed by atoms with Gasteiger partial charge in [-0.15, -0.1) is 0 Å². The molecule has 0 fully saturated rings. The number of nitrogens with two attached hydrogens (primary N) is 1. The number of nitrogen functional groups attached to an aromatic ring is 1. The van der Waals surface area contributed by atoms with E-state index in [1.165, 1.54) is 6.33 Å². The third-order valence-corrected chi connectivity index (χ3v) is 2.80. The van der Waals surface area contributed by atoms with E-state index >= 15 is 0 Å². The molecular formula is C13H18N4O. The van der Waals surface area contributed by atoms with Crippen molar-refractivity contribution in [2.24, 2.45) is 0 Å². The Labute approximate surface area is 106 Å². The van der Waals surface area contributed by atoms with Crippen LogP contribution in [0.25, 0.3) is 0 Å². The maximum Gasteiger partial charge on any atom is 0.135 e. The van der Waals surface area contributed by atoms with E-state index < -0.39 is 0 Å². The van der Waals surface area contributed by atoms with Gasteiger partial charge in [-0.1, -0.05) is 13.3 Å². The van der Waals surface area contributed by atoms with E-state index in [4.69, 9.17) is 10.2 Å². The molecule has 0 aliphatic heterocycles. The van der Waals surface area contributed by atoms with Crippen molar-refractivity contribution in [2.45, 2.75) is 32.7 Å². The molecule has 0 saturated heterocycles. The molecule has 2 aromatic heterocycles. The number of furan rings is 1. The zero-order chi connectivity index (χ0) is 13.0. The summed E-state index contributed by atoms with van der Waals surface area (Å²) in [6.07, 6.45) is 5.00. The van der Waals surface area contributed by atoms with Crippen molar-refractivity contribution < 1.29 is 4.42 Å².